The second-order valence-electron chi connectivity index (χ2n) is 3.87. The molecule has 0 spiro atoms. The zero-order valence-electron chi connectivity index (χ0n) is 9.98. The number of nitro benzene ring substituents is 1. The molecule has 0 unspecified atom stereocenters. The van der Waals surface area contributed by atoms with Crippen molar-refractivity contribution in [2.45, 2.75) is 6.61 Å². The van der Waals surface area contributed by atoms with Gasteiger partial charge in [0.1, 0.15) is 16.8 Å². The van der Waals surface area contributed by atoms with Crippen LogP contribution in [0.4, 0.5) is 5.69 Å². The van der Waals surface area contributed by atoms with Crippen LogP contribution in [-0.2, 0) is 6.61 Å². The minimum Gasteiger partial charge on any atom is -0.487 e. The van der Waals surface area contributed by atoms with Crippen molar-refractivity contribution in [3.63, 3.8) is 0 Å². The molecule has 2 aromatic carbocycles. The van der Waals surface area contributed by atoms with Crippen molar-refractivity contribution in [1.29, 1.82) is 0 Å². The van der Waals surface area contributed by atoms with Crippen LogP contribution in [-0.4, -0.2) is 4.92 Å². The summed E-state index contributed by atoms with van der Waals surface area (Å²) in [5.41, 5.74) is 0.686. The summed E-state index contributed by atoms with van der Waals surface area (Å²) in [4.78, 5) is 10.4. The maximum absolute atomic E-state index is 10.8. The molecular formula is C13H8Br2ClNO3. The van der Waals surface area contributed by atoms with Crippen LogP contribution in [0.5, 0.6) is 5.75 Å². The molecule has 0 N–H and O–H groups in total. The molecule has 0 heterocycles. The smallest absolute Gasteiger partial charge is 0.283 e. The second kappa shape index (κ2) is 6.56. The molecular weight excluding hydrogens is 413 g/mol. The van der Waals surface area contributed by atoms with E-state index in [1.165, 1.54) is 6.07 Å². The number of rotatable bonds is 4. The lowest BCUT2D eigenvalue weighted by Crippen LogP contribution is -1.99. The van der Waals surface area contributed by atoms with Gasteiger partial charge in [-0.15, -0.1) is 0 Å². The highest BCUT2D eigenvalue weighted by Gasteiger charge is 2.15. The molecule has 0 aromatic heterocycles. The topological polar surface area (TPSA) is 52.4 Å². The van der Waals surface area contributed by atoms with Crippen molar-refractivity contribution in [2.75, 3.05) is 0 Å². The van der Waals surface area contributed by atoms with Crippen molar-refractivity contribution in [3.8, 4) is 5.75 Å². The van der Waals surface area contributed by atoms with Crippen LogP contribution in [0.15, 0.2) is 45.3 Å². The maximum atomic E-state index is 10.8. The van der Waals surface area contributed by atoms with Gasteiger partial charge in [0.05, 0.1) is 9.95 Å². The molecule has 0 fully saturated rings. The molecule has 0 aliphatic carbocycles. The molecule has 104 valence electrons. The SMILES string of the molecule is O=[N+]([O-])c1cccc(COc2ccc(Br)cc2Cl)c1Br. The van der Waals surface area contributed by atoms with Gasteiger partial charge in [0.25, 0.3) is 5.69 Å². The Morgan fingerprint density at radius 3 is 2.65 bits per heavy atom. The molecule has 0 aliphatic rings. The van der Waals surface area contributed by atoms with Crippen molar-refractivity contribution < 1.29 is 9.66 Å². The first-order valence-corrected chi connectivity index (χ1v) is 7.45. The average molecular weight is 421 g/mol. The Hall–Kier alpha value is -1.11. The van der Waals surface area contributed by atoms with E-state index in [1.807, 2.05) is 6.07 Å². The summed E-state index contributed by atoms with van der Waals surface area (Å²) in [6.07, 6.45) is 0. The van der Waals surface area contributed by atoms with E-state index in [1.54, 1.807) is 24.3 Å². The van der Waals surface area contributed by atoms with Crippen LogP contribution in [0, 0.1) is 10.1 Å². The Balaban J connectivity index is 2.19. The van der Waals surface area contributed by atoms with Crippen LogP contribution in [0.2, 0.25) is 5.02 Å². The number of benzene rings is 2. The van der Waals surface area contributed by atoms with Gasteiger partial charge in [0, 0.05) is 16.1 Å². The van der Waals surface area contributed by atoms with Gasteiger partial charge in [0.2, 0.25) is 0 Å². The van der Waals surface area contributed by atoms with E-state index >= 15 is 0 Å². The summed E-state index contributed by atoms with van der Waals surface area (Å²) in [7, 11) is 0. The Kier molecular flexibility index (Phi) is 5.01. The minimum absolute atomic E-state index is 0.00741. The molecule has 0 amide bonds. The monoisotopic (exact) mass is 419 g/mol. The number of hydrogen-bond acceptors (Lipinski definition) is 3. The van der Waals surface area contributed by atoms with Gasteiger partial charge in [-0.3, -0.25) is 10.1 Å². The Bertz CT molecular complexity index is 664. The van der Waals surface area contributed by atoms with Crippen LogP contribution in [0.25, 0.3) is 0 Å². The normalized spacial score (nSPS) is 10.3. The molecule has 0 atom stereocenters. The van der Waals surface area contributed by atoms with Gasteiger partial charge in [0.15, 0.2) is 0 Å². The van der Waals surface area contributed by atoms with E-state index in [9.17, 15) is 10.1 Å². The fourth-order valence-corrected chi connectivity index (χ4v) is 2.82. The minimum atomic E-state index is -0.444. The van der Waals surface area contributed by atoms with Crippen molar-refractivity contribution >= 4 is 49.1 Å². The fraction of sp³-hybridized carbons (Fsp3) is 0.0769. The summed E-state index contributed by atoms with van der Waals surface area (Å²) in [5, 5.41) is 11.3. The van der Waals surface area contributed by atoms with Gasteiger partial charge in [-0.1, -0.05) is 39.7 Å². The zero-order valence-corrected chi connectivity index (χ0v) is 13.9. The number of nitrogens with zero attached hydrogens (tertiary/aromatic N) is 1. The fourth-order valence-electron chi connectivity index (χ4n) is 1.57. The lowest BCUT2D eigenvalue weighted by atomic mass is 10.2. The van der Waals surface area contributed by atoms with Crippen LogP contribution >= 0.6 is 43.5 Å². The maximum Gasteiger partial charge on any atom is 0.283 e. The lowest BCUT2D eigenvalue weighted by molar-refractivity contribution is -0.385. The van der Waals surface area contributed by atoms with Gasteiger partial charge in [-0.05, 0) is 34.1 Å². The number of halogens is 3. The van der Waals surface area contributed by atoms with E-state index in [2.05, 4.69) is 31.9 Å². The summed E-state index contributed by atoms with van der Waals surface area (Å²) in [6, 6.07) is 10.1. The van der Waals surface area contributed by atoms with E-state index in [-0.39, 0.29) is 12.3 Å². The Morgan fingerprint density at radius 2 is 2.00 bits per heavy atom. The van der Waals surface area contributed by atoms with Gasteiger partial charge < -0.3 is 4.74 Å². The summed E-state index contributed by atoms with van der Waals surface area (Å²) < 4.78 is 6.86. The largest absolute Gasteiger partial charge is 0.487 e. The third-order valence-electron chi connectivity index (χ3n) is 2.53. The first kappa shape index (κ1) is 15.3. The second-order valence-corrected chi connectivity index (χ2v) is 5.99. The van der Waals surface area contributed by atoms with Crippen molar-refractivity contribution in [1.82, 2.24) is 0 Å². The molecule has 0 saturated carbocycles. The number of hydrogen-bond donors (Lipinski definition) is 0. The third-order valence-corrected chi connectivity index (χ3v) is 4.24. The molecule has 20 heavy (non-hydrogen) atoms. The number of nitro groups is 1. The molecule has 0 aliphatic heterocycles. The predicted octanol–water partition coefficient (Wildman–Crippen LogP) is 5.35. The van der Waals surface area contributed by atoms with Gasteiger partial charge in [-0.25, -0.2) is 0 Å². The van der Waals surface area contributed by atoms with Gasteiger partial charge in [-0.2, -0.15) is 0 Å². The highest BCUT2D eigenvalue weighted by atomic mass is 79.9. The zero-order chi connectivity index (χ0) is 14.7. The highest BCUT2D eigenvalue weighted by Crippen LogP contribution is 2.31. The standard InChI is InChI=1S/C13H8Br2ClNO3/c14-9-4-5-12(10(16)6-9)20-7-8-2-1-3-11(13(8)15)17(18)19/h1-6H,7H2. The van der Waals surface area contributed by atoms with E-state index in [0.29, 0.717) is 20.8 Å². The van der Waals surface area contributed by atoms with E-state index < -0.39 is 4.92 Å². The third kappa shape index (κ3) is 3.50. The van der Waals surface area contributed by atoms with Crippen LogP contribution in [0.3, 0.4) is 0 Å². The van der Waals surface area contributed by atoms with Gasteiger partial charge >= 0.3 is 0 Å². The first-order valence-electron chi connectivity index (χ1n) is 5.48. The summed E-state index contributed by atoms with van der Waals surface area (Å²) in [5.74, 6) is 0.522. The molecule has 0 radical (unpaired) electrons. The Labute approximate surface area is 137 Å². The molecule has 7 heteroatoms. The van der Waals surface area contributed by atoms with Crippen molar-refractivity contribution in [3.05, 3.63) is 66.0 Å². The first-order chi connectivity index (χ1) is 9.49. The van der Waals surface area contributed by atoms with E-state index in [4.69, 9.17) is 16.3 Å². The molecule has 4 nitrogen and oxygen atoms in total. The summed E-state index contributed by atoms with van der Waals surface area (Å²) in [6.45, 7) is 0.184. The molecule has 0 saturated heterocycles. The van der Waals surface area contributed by atoms with Crippen LogP contribution < -0.4 is 4.74 Å². The van der Waals surface area contributed by atoms with Crippen LogP contribution in [0.1, 0.15) is 5.56 Å². The predicted molar refractivity (Wildman–Crippen MR) is 84.3 cm³/mol. The number of ether oxygens (including phenoxy) is 1. The summed E-state index contributed by atoms with van der Waals surface area (Å²) >= 11 is 12.6. The van der Waals surface area contributed by atoms with E-state index in [0.717, 1.165) is 4.47 Å². The molecule has 2 rings (SSSR count). The average Bonchev–Trinajstić information content (AvgIpc) is 2.39. The highest BCUT2D eigenvalue weighted by molar-refractivity contribution is 9.10. The Morgan fingerprint density at radius 1 is 1.25 bits per heavy atom. The lowest BCUT2D eigenvalue weighted by Gasteiger charge is -2.09. The molecule has 2 aromatic rings. The van der Waals surface area contributed by atoms with Crippen molar-refractivity contribution in [2.24, 2.45) is 0 Å². The quantitative estimate of drug-likeness (QED) is 0.494. The molecule has 0 bridgehead atoms.